The highest BCUT2D eigenvalue weighted by Crippen LogP contribution is 2.31. The van der Waals surface area contributed by atoms with Gasteiger partial charge in [0.1, 0.15) is 0 Å². The van der Waals surface area contributed by atoms with Crippen LogP contribution in [0.25, 0.3) is 0 Å². The third-order valence-corrected chi connectivity index (χ3v) is 7.98. The summed E-state index contributed by atoms with van der Waals surface area (Å²) in [4.78, 5) is 21.0. The molecule has 184 valence electrons. The van der Waals surface area contributed by atoms with Crippen LogP contribution in [0, 0.1) is 0 Å². The summed E-state index contributed by atoms with van der Waals surface area (Å²) in [5.74, 6) is 0. The standard InChI is InChI=1S/C20H37N5O5S2/c1-5-7-9-11-13-23-15-17(26)25(20(23)27)18-21-22-19(31-18)32(28,29)24(30-16(3)4)14-12-10-8-6-2/h16-17,26H,5-15H2,1-4H3. The molecule has 1 aliphatic rings. The topological polar surface area (TPSA) is 116 Å². The van der Waals surface area contributed by atoms with Crippen molar-refractivity contribution in [3.63, 3.8) is 0 Å². The largest absolute Gasteiger partial charge is 0.371 e. The number of nitrogens with zero attached hydrogens (tertiary/aromatic N) is 5. The van der Waals surface area contributed by atoms with Crippen LogP contribution in [0.3, 0.4) is 0 Å². The maximum absolute atomic E-state index is 13.1. The maximum atomic E-state index is 13.1. The van der Waals surface area contributed by atoms with E-state index in [1.54, 1.807) is 18.7 Å². The molecule has 0 saturated carbocycles. The Bertz CT molecular complexity index is 817. The third-order valence-electron chi connectivity index (χ3n) is 5.05. The predicted molar refractivity (Wildman–Crippen MR) is 124 cm³/mol. The number of aromatic nitrogens is 2. The minimum atomic E-state index is -4.04. The number of unbranched alkanes of at least 4 members (excludes halogenated alkanes) is 6. The van der Waals surface area contributed by atoms with Gasteiger partial charge in [-0.15, -0.1) is 10.2 Å². The summed E-state index contributed by atoms with van der Waals surface area (Å²) in [6.45, 7) is 8.64. The molecule has 1 N–H and O–H groups in total. The van der Waals surface area contributed by atoms with E-state index in [1.807, 2.05) is 0 Å². The highest BCUT2D eigenvalue weighted by atomic mass is 32.2. The second-order valence-corrected chi connectivity index (χ2v) is 11.2. The summed E-state index contributed by atoms with van der Waals surface area (Å²) in [5.41, 5.74) is 0. The number of hydrogen-bond acceptors (Lipinski definition) is 8. The molecule has 2 heterocycles. The molecule has 12 heteroatoms. The number of urea groups is 1. The zero-order chi connectivity index (χ0) is 23.7. The molecule has 10 nitrogen and oxygen atoms in total. The van der Waals surface area contributed by atoms with E-state index >= 15 is 0 Å². The number of aliphatic hydroxyl groups excluding tert-OH is 1. The summed E-state index contributed by atoms with van der Waals surface area (Å²) >= 11 is 0.764. The van der Waals surface area contributed by atoms with Gasteiger partial charge in [-0.05, 0) is 26.7 Å². The van der Waals surface area contributed by atoms with Crippen molar-refractivity contribution in [1.82, 2.24) is 19.6 Å². The number of amides is 2. The molecular weight excluding hydrogens is 454 g/mol. The number of aliphatic hydroxyl groups is 1. The van der Waals surface area contributed by atoms with Crippen molar-refractivity contribution in [2.75, 3.05) is 24.5 Å². The van der Waals surface area contributed by atoms with Crippen LogP contribution in [0.2, 0.25) is 0 Å². The number of carbonyl (C=O) groups excluding carboxylic acids is 1. The highest BCUT2D eigenvalue weighted by molar-refractivity contribution is 7.91. The van der Waals surface area contributed by atoms with Gasteiger partial charge in [0.15, 0.2) is 6.23 Å². The quantitative estimate of drug-likeness (QED) is 0.226. The molecule has 1 fully saturated rings. The first-order chi connectivity index (χ1) is 15.2. The molecule has 0 aromatic carbocycles. The number of hydroxylamine groups is 1. The molecule has 2 amide bonds. The molecule has 0 bridgehead atoms. The Morgan fingerprint density at radius 3 is 2.41 bits per heavy atom. The van der Waals surface area contributed by atoms with E-state index in [4.69, 9.17) is 4.84 Å². The molecule has 1 aromatic heterocycles. The molecule has 1 unspecified atom stereocenters. The zero-order valence-corrected chi connectivity index (χ0v) is 21.2. The Hall–Kier alpha value is -1.34. The molecule has 2 rings (SSSR count). The van der Waals surface area contributed by atoms with Crippen LogP contribution >= 0.6 is 11.3 Å². The number of rotatable bonds is 15. The van der Waals surface area contributed by atoms with Crippen LogP contribution in [0.4, 0.5) is 9.93 Å². The van der Waals surface area contributed by atoms with Gasteiger partial charge in [-0.1, -0.05) is 68.2 Å². The minimum absolute atomic E-state index is 0.0626. The Labute approximate surface area is 195 Å². The molecule has 1 aromatic rings. The molecule has 1 atom stereocenters. The van der Waals surface area contributed by atoms with Crippen molar-refractivity contribution in [2.24, 2.45) is 0 Å². The van der Waals surface area contributed by atoms with Gasteiger partial charge in [0.2, 0.25) is 5.13 Å². The lowest BCUT2D eigenvalue weighted by molar-refractivity contribution is -0.119. The van der Waals surface area contributed by atoms with E-state index in [2.05, 4.69) is 24.0 Å². The van der Waals surface area contributed by atoms with Crippen molar-refractivity contribution >= 4 is 32.5 Å². The van der Waals surface area contributed by atoms with E-state index < -0.39 is 16.3 Å². The molecule has 0 radical (unpaired) electrons. The second-order valence-electron chi connectivity index (χ2n) is 8.24. The van der Waals surface area contributed by atoms with Crippen molar-refractivity contribution in [2.45, 2.75) is 95.7 Å². The fourth-order valence-corrected chi connectivity index (χ4v) is 5.87. The lowest BCUT2D eigenvalue weighted by Gasteiger charge is -2.22. The third kappa shape index (κ3) is 7.08. The van der Waals surface area contributed by atoms with Gasteiger partial charge in [0.25, 0.3) is 14.4 Å². The maximum Gasteiger partial charge on any atom is 0.328 e. The first kappa shape index (κ1) is 26.9. The van der Waals surface area contributed by atoms with Gasteiger partial charge in [0, 0.05) is 13.1 Å². The van der Waals surface area contributed by atoms with E-state index in [0.717, 1.165) is 65.7 Å². The number of anilines is 1. The Morgan fingerprint density at radius 1 is 1.12 bits per heavy atom. The Balaban J connectivity index is 2.12. The summed E-state index contributed by atoms with van der Waals surface area (Å²) in [6.07, 6.45) is 6.27. The smallest absolute Gasteiger partial charge is 0.328 e. The van der Waals surface area contributed by atoms with Gasteiger partial charge in [-0.2, -0.15) is 0 Å². The van der Waals surface area contributed by atoms with Gasteiger partial charge < -0.3 is 10.0 Å². The Morgan fingerprint density at radius 2 is 1.78 bits per heavy atom. The summed E-state index contributed by atoms with van der Waals surface area (Å²) in [5, 5.41) is 18.2. The molecule has 0 spiro atoms. The van der Waals surface area contributed by atoms with Gasteiger partial charge >= 0.3 is 6.03 Å². The van der Waals surface area contributed by atoms with Crippen molar-refractivity contribution in [1.29, 1.82) is 0 Å². The summed E-state index contributed by atoms with van der Waals surface area (Å²) in [7, 11) is -4.04. The monoisotopic (exact) mass is 491 g/mol. The molecular formula is C20H37N5O5S2. The number of carbonyl (C=O) groups is 1. The fourth-order valence-electron chi connectivity index (χ4n) is 3.39. The second kappa shape index (κ2) is 12.8. The van der Waals surface area contributed by atoms with E-state index in [0.29, 0.717) is 13.0 Å². The van der Waals surface area contributed by atoms with E-state index in [9.17, 15) is 18.3 Å². The zero-order valence-electron chi connectivity index (χ0n) is 19.6. The van der Waals surface area contributed by atoms with E-state index in [-0.39, 0.29) is 34.7 Å². The average Bonchev–Trinajstić information content (AvgIpc) is 3.32. The van der Waals surface area contributed by atoms with Crippen molar-refractivity contribution in [3.8, 4) is 0 Å². The van der Waals surface area contributed by atoms with Crippen molar-refractivity contribution < 1.29 is 23.2 Å². The molecule has 0 aliphatic carbocycles. The van der Waals surface area contributed by atoms with Crippen LogP contribution in [0.15, 0.2) is 4.34 Å². The first-order valence-corrected chi connectivity index (χ1v) is 13.8. The highest BCUT2D eigenvalue weighted by Gasteiger charge is 2.40. The average molecular weight is 492 g/mol. The minimum Gasteiger partial charge on any atom is -0.371 e. The first-order valence-electron chi connectivity index (χ1n) is 11.5. The van der Waals surface area contributed by atoms with Crippen molar-refractivity contribution in [3.05, 3.63) is 0 Å². The number of β-amino-alcohol motifs (C(OH)–C–C–N with tert-alkyl or cyclic N) is 1. The van der Waals surface area contributed by atoms with Crippen LogP contribution in [-0.4, -0.2) is 71.1 Å². The Kier molecular flexibility index (Phi) is 10.7. The van der Waals surface area contributed by atoms with E-state index in [1.165, 1.54) is 0 Å². The van der Waals surface area contributed by atoms with Crippen LogP contribution < -0.4 is 4.90 Å². The lowest BCUT2D eigenvalue weighted by Crippen LogP contribution is -2.35. The van der Waals surface area contributed by atoms with Gasteiger partial charge in [0.05, 0.1) is 12.6 Å². The van der Waals surface area contributed by atoms with Crippen LogP contribution in [0.1, 0.15) is 79.1 Å². The molecule has 32 heavy (non-hydrogen) atoms. The fraction of sp³-hybridized carbons (Fsp3) is 0.850. The number of sulfonamides is 1. The molecule has 1 saturated heterocycles. The summed E-state index contributed by atoms with van der Waals surface area (Å²) < 4.78 is 27.0. The predicted octanol–water partition coefficient (Wildman–Crippen LogP) is 3.59. The normalized spacial score (nSPS) is 17.3. The van der Waals surface area contributed by atoms with Gasteiger partial charge in [-0.25, -0.2) is 18.1 Å². The molecule has 1 aliphatic heterocycles. The lowest BCUT2D eigenvalue weighted by atomic mass is 10.2. The van der Waals surface area contributed by atoms with Gasteiger partial charge in [-0.3, -0.25) is 4.84 Å². The van der Waals surface area contributed by atoms with Crippen LogP contribution in [-0.2, 0) is 14.9 Å². The SMILES string of the molecule is CCCCCCN1CC(O)N(c2nnc(S(=O)(=O)N(CCCCCC)OC(C)C)s2)C1=O. The summed E-state index contributed by atoms with van der Waals surface area (Å²) in [6, 6.07) is -0.385. The van der Waals surface area contributed by atoms with Crippen LogP contribution in [0.5, 0.6) is 0 Å². The number of hydrogen-bond donors (Lipinski definition) is 1.